The van der Waals surface area contributed by atoms with Gasteiger partial charge >= 0.3 is 0 Å². The Morgan fingerprint density at radius 1 is 0.852 bits per heavy atom. The van der Waals surface area contributed by atoms with E-state index in [2.05, 4.69) is 42.0 Å². The van der Waals surface area contributed by atoms with Crippen molar-refractivity contribution in [3.63, 3.8) is 0 Å². The molecule has 0 saturated heterocycles. The molecule has 0 saturated carbocycles. The van der Waals surface area contributed by atoms with E-state index in [0.29, 0.717) is 12.2 Å². The third-order valence-electron chi connectivity index (χ3n) is 4.28. The predicted molar refractivity (Wildman–Crippen MR) is 106 cm³/mol. The van der Waals surface area contributed by atoms with Crippen molar-refractivity contribution in [3.8, 4) is 5.75 Å². The van der Waals surface area contributed by atoms with Gasteiger partial charge in [-0.05, 0) is 62.8 Å². The zero-order chi connectivity index (χ0) is 19.6. The Labute approximate surface area is 161 Å². The van der Waals surface area contributed by atoms with Crippen molar-refractivity contribution < 1.29 is 14.3 Å². The molecule has 0 fully saturated rings. The second kappa shape index (κ2) is 10.4. The molecule has 2 aromatic rings. The molecule has 0 heterocycles. The minimum absolute atomic E-state index is 0.141. The topological polar surface area (TPSA) is 67.4 Å². The van der Waals surface area contributed by atoms with Crippen molar-refractivity contribution in [2.75, 3.05) is 6.61 Å². The van der Waals surface area contributed by atoms with Crippen molar-refractivity contribution in [1.29, 1.82) is 0 Å². The maximum absolute atomic E-state index is 11.8. The van der Waals surface area contributed by atoms with Crippen molar-refractivity contribution >= 4 is 11.8 Å². The highest BCUT2D eigenvalue weighted by molar-refractivity contribution is 5.82. The van der Waals surface area contributed by atoms with Gasteiger partial charge in [-0.1, -0.05) is 42.0 Å². The molecule has 0 atom stereocenters. The Morgan fingerprint density at radius 3 is 2.26 bits per heavy atom. The lowest BCUT2D eigenvalue weighted by molar-refractivity contribution is -0.130. The Hall–Kier alpha value is -2.82. The van der Waals surface area contributed by atoms with Gasteiger partial charge in [-0.2, -0.15) is 0 Å². The van der Waals surface area contributed by atoms with E-state index in [1.807, 2.05) is 32.0 Å². The lowest BCUT2D eigenvalue weighted by Gasteiger charge is -2.11. The van der Waals surface area contributed by atoms with Crippen LogP contribution in [0.3, 0.4) is 0 Å². The minimum atomic E-state index is -0.385. The highest BCUT2D eigenvalue weighted by Gasteiger charge is 2.07. The van der Waals surface area contributed by atoms with Crippen LogP contribution in [0.2, 0.25) is 0 Å². The molecule has 5 nitrogen and oxygen atoms in total. The van der Waals surface area contributed by atoms with E-state index >= 15 is 0 Å². The Balaban J connectivity index is 1.59. The molecule has 27 heavy (non-hydrogen) atoms. The van der Waals surface area contributed by atoms with Gasteiger partial charge in [0.1, 0.15) is 5.75 Å². The number of hydrogen-bond donors (Lipinski definition) is 2. The van der Waals surface area contributed by atoms with Crippen molar-refractivity contribution in [2.24, 2.45) is 0 Å². The second-order valence-electron chi connectivity index (χ2n) is 6.85. The summed E-state index contributed by atoms with van der Waals surface area (Å²) in [5, 5.41) is 0. The molecule has 2 aromatic carbocycles. The van der Waals surface area contributed by atoms with Crippen LogP contribution in [0.5, 0.6) is 5.75 Å². The minimum Gasteiger partial charge on any atom is -0.483 e. The summed E-state index contributed by atoms with van der Waals surface area (Å²) in [5.74, 6) is 0.0930. The molecule has 0 aromatic heterocycles. The summed E-state index contributed by atoms with van der Waals surface area (Å²) in [6, 6.07) is 14.2. The smallest absolute Gasteiger partial charge is 0.276 e. The highest BCUT2D eigenvalue weighted by Crippen LogP contribution is 2.18. The molecular weight excluding hydrogens is 340 g/mol. The van der Waals surface area contributed by atoms with Crippen LogP contribution in [-0.4, -0.2) is 18.4 Å². The molecule has 0 bridgehead atoms. The first-order chi connectivity index (χ1) is 12.9. The van der Waals surface area contributed by atoms with Crippen LogP contribution < -0.4 is 15.6 Å². The number of hydrazine groups is 1. The van der Waals surface area contributed by atoms with Crippen LogP contribution in [-0.2, 0) is 16.0 Å². The fraction of sp³-hybridized carbons (Fsp3) is 0.364. The summed E-state index contributed by atoms with van der Waals surface area (Å²) in [6.45, 7) is 5.81. The van der Waals surface area contributed by atoms with E-state index in [9.17, 15) is 9.59 Å². The molecule has 144 valence electrons. The van der Waals surface area contributed by atoms with E-state index in [-0.39, 0.29) is 18.4 Å². The summed E-state index contributed by atoms with van der Waals surface area (Å²) in [7, 11) is 0. The number of amides is 2. The number of carbonyl (C=O) groups excluding carboxylic acids is 2. The van der Waals surface area contributed by atoms with Crippen LogP contribution in [0.1, 0.15) is 41.5 Å². The average Bonchev–Trinajstić information content (AvgIpc) is 2.65. The molecule has 0 aliphatic heterocycles. The number of hydrogen-bond acceptors (Lipinski definition) is 3. The second-order valence-corrected chi connectivity index (χ2v) is 6.85. The van der Waals surface area contributed by atoms with Gasteiger partial charge in [-0.25, -0.2) is 0 Å². The average molecular weight is 368 g/mol. The van der Waals surface area contributed by atoms with E-state index in [4.69, 9.17) is 4.74 Å². The molecule has 0 unspecified atom stereocenters. The van der Waals surface area contributed by atoms with Gasteiger partial charge in [-0.15, -0.1) is 0 Å². The molecule has 0 spiro atoms. The van der Waals surface area contributed by atoms with Crippen molar-refractivity contribution in [3.05, 3.63) is 64.7 Å². The third kappa shape index (κ3) is 7.52. The normalized spacial score (nSPS) is 10.3. The summed E-state index contributed by atoms with van der Waals surface area (Å²) >= 11 is 0. The number of unbranched alkanes of at least 4 members (excludes halogenated alkanes) is 1. The fourth-order valence-electron chi connectivity index (χ4n) is 2.61. The predicted octanol–water partition coefficient (Wildman–Crippen LogP) is 3.55. The first-order valence-corrected chi connectivity index (χ1v) is 9.27. The van der Waals surface area contributed by atoms with Gasteiger partial charge in [0.05, 0.1) is 0 Å². The molecule has 2 amide bonds. The number of benzene rings is 2. The van der Waals surface area contributed by atoms with E-state index in [0.717, 1.165) is 30.4 Å². The van der Waals surface area contributed by atoms with Gasteiger partial charge in [-0.3, -0.25) is 20.4 Å². The summed E-state index contributed by atoms with van der Waals surface area (Å²) in [4.78, 5) is 23.6. The Kier molecular flexibility index (Phi) is 7.86. The molecule has 0 aliphatic rings. The molecule has 0 radical (unpaired) electrons. The van der Waals surface area contributed by atoms with E-state index in [1.165, 1.54) is 11.1 Å². The largest absolute Gasteiger partial charge is 0.483 e. The molecule has 5 heteroatoms. The first kappa shape index (κ1) is 20.5. The monoisotopic (exact) mass is 368 g/mol. The number of nitrogens with one attached hydrogen (secondary N) is 2. The third-order valence-corrected chi connectivity index (χ3v) is 4.28. The maximum atomic E-state index is 11.8. The van der Waals surface area contributed by atoms with E-state index < -0.39 is 0 Å². The summed E-state index contributed by atoms with van der Waals surface area (Å²) < 4.78 is 5.50. The van der Waals surface area contributed by atoms with Crippen molar-refractivity contribution in [2.45, 2.75) is 46.5 Å². The van der Waals surface area contributed by atoms with E-state index in [1.54, 1.807) is 0 Å². The molecule has 0 aliphatic carbocycles. The zero-order valence-electron chi connectivity index (χ0n) is 16.3. The van der Waals surface area contributed by atoms with Crippen LogP contribution in [0.4, 0.5) is 0 Å². The SMILES string of the molecule is Cc1ccc(CCCCC(=O)NNC(=O)COc2cc(C)ccc2C)cc1. The molecule has 2 N–H and O–H groups in total. The lowest BCUT2D eigenvalue weighted by atomic mass is 10.1. The van der Waals surface area contributed by atoms with Crippen LogP contribution >= 0.6 is 0 Å². The lowest BCUT2D eigenvalue weighted by Crippen LogP contribution is -2.43. The fourth-order valence-corrected chi connectivity index (χ4v) is 2.61. The molecular formula is C22H28N2O3. The van der Waals surface area contributed by atoms with Gasteiger partial charge in [0.2, 0.25) is 5.91 Å². The Morgan fingerprint density at radius 2 is 1.52 bits per heavy atom. The van der Waals surface area contributed by atoms with Crippen LogP contribution in [0.25, 0.3) is 0 Å². The summed E-state index contributed by atoms with van der Waals surface area (Å²) in [5.41, 5.74) is 9.37. The molecule has 2 rings (SSSR count). The first-order valence-electron chi connectivity index (χ1n) is 9.27. The van der Waals surface area contributed by atoms with Gasteiger partial charge in [0, 0.05) is 6.42 Å². The summed E-state index contributed by atoms with van der Waals surface area (Å²) in [6.07, 6.45) is 3.03. The van der Waals surface area contributed by atoms with Crippen LogP contribution in [0.15, 0.2) is 42.5 Å². The highest BCUT2D eigenvalue weighted by atomic mass is 16.5. The Bertz CT molecular complexity index is 770. The number of ether oxygens (including phenoxy) is 1. The van der Waals surface area contributed by atoms with Gasteiger partial charge < -0.3 is 4.74 Å². The van der Waals surface area contributed by atoms with Crippen molar-refractivity contribution in [1.82, 2.24) is 10.9 Å². The zero-order valence-corrected chi connectivity index (χ0v) is 16.3. The maximum Gasteiger partial charge on any atom is 0.276 e. The number of carbonyl (C=O) groups is 2. The van der Waals surface area contributed by atoms with Gasteiger partial charge in [0.15, 0.2) is 6.61 Å². The number of rotatable bonds is 8. The van der Waals surface area contributed by atoms with Crippen LogP contribution in [0, 0.1) is 20.8 Å². The van der Waals surface area contributed by atoms with Gasteiger partial charge in [0.25, 0.3) is 5.91 Å². The number of aryl methyl sites for hydroxylation is 4. The quantitative estimate of drug-likeness (QED) is 0.553. The standard InChI is InChI=1S/C22H28N2O3/c1-16-9-12-19(13-10-16)6-4-5-7-21(25)23-24-22(26)15-27-20-14-17(2)8-11-18(20)3/h8-14H,4-7,15H2,1-3H3,(H,23,25)(H,24,26).